The zero-order valence-corrected chi connectivity index (χ0v) is 13.3. The first-order valence-electron chi connectivity index (χ1n) is 8.36. The molecule has 1 aromatic rings. The van der Waals surface area contributed by atoms with E-state index in [0.29, 0.717) is 6.04 Å². The number of hydrogen-bond acceptors (Lipinski definition) is 4. The van der Waals surface area contributed by atoms with Crippen molar-refractivity contribution in [2.75, 3.05) is 31.7 Å². The molecule has 0 aliphatic carbocycles. The van der Waals surface area contributed by atoms with Crippen molar-refractivity contribution in [1.82, 2.24) is 14.9 Å². The summed E-state index contributed by atoms with van der Waals surface area (Å²) in [7, 11) is 1.77. The van der Waals surface area contributed by atoms with E-state index in [1.165, 1.54) is 25.0 Å². The number of aryl methyl sites for hydroxylation is 2. The zero-order valence-electron chi connectivity index (χ0n) is 13.3. The van der Waals surface area contributed by atoms with Crippen LogP contribution in [-0.4, -0.2) is 48.4 Å². The number of methoxy groups -OCH3 is 1. The summed E-state index contributed by atoms with van der Waals surface area (Å²) in [5.74, 6) is 1.16. The number of hydrogen-bond donors (Lipinski definition) is 1. The van der Waals surface area contributed by atoms with Crippen LogP contribution >= 0.6 is 0 Å². The van der Waals surface area contributed by atoms with Gasteiger partial charge in [0.25, 0.3) is 0 Å². The van der Waals surface area contributed by atoms with Gasteiger partial charge in [0.05, 0.1) is 5.69 Å². The van der Waals surface area contributed by atoms with Gasteiger partial charge in [0.1, 0.15) is 0 Å². The average Bonchev–Trinajstić information content (AvgIpc) is 3.03. The van der Waals surface area contributed by atoms with Gasteiger partial charge in [-0.15, -0.1) is 0 Å². The van der Waals surface area contributed by atoms with Gasteiger partial charge in [-0.25, -0.2) is 4.98 Å². The van der Waals surface area contributed by atoms with Gasteiger partial charge in [-0.05, 0) is 32.1 Å². The largest absolute Gasteiger partial charge is 0.385 e. The number of rotatable bonds is 6. The molecule has 118 valence electrons. The molecular formula is C16H28N4O. The molecule has 5 nitrogen and oxygen atoms in total. The van der Waals surface area contributed by atoms with Crippen molar-refractivity contribution in [2.45, 2.75) is 57.7 Å². The summed E-state index contributed by atoms with van der Waals surface area (Å²) in [5, 5.41) is 3.75. The molecule has 1 aromatic heterocycles. The second-order valence-corrected chi connectivity index (χ2v) is 6.30. The van der Waals surface area contributed by atoms with E-state index in [1.54, 1.807) is 7.11 Å². The third kappa shape index (κ3) is 3.40. The van der Waals surface area contributed by atoms with Gasteiger partial charge < -0.3 is 19.5 Å². The Bertz CT molecular complexity index is 459. The minimum Gasteiger partial charge on any atom is -0.385 e. The van der Waals surface area contributed by atoms with E-state index in [0.717, 1.165) is 51.1 Å². The fourth-order valence-electron chi connectivity index (χ4n) is 3.55. The SMILES string of the molecule is CCc1cn(CCCOC)c(N2CCC3CCC(C2)N3)n1. The Morgan fingerprint density at radius 3 is 3.00 bits per heavy atom. The van der Waals surface area contributed by atoms with Crippen molar-refractivity contribution in [1.29, 1.82) is 0 Å². The fraction of sp³-hybridized carbons (Fsp3) is 0.812. The first-order valence-corrected chi connectivity index (χ1v) is 8.36. The molecule has 21 heavy (non-hydrogen) atoms. The van der Waals surface area contributed by atoms with E-state index in [4.69, 9.17) is 9.72 Å². The van der Waals surface area contributed by atoms with E-state index in [2.05, 4.69) is 27.9 Å². The summed E-state index contributed by atoms with van der Waals surface area (Å²) in [6.45, 7) is 6.20. The van der Waals surface area contributed by atoms with Gasteiger partial charge in [-0.2, -0.15) is 0 Å². The van der Waals surface area contributed by atoms with Crippen LogP contribution in [0.15, 0.2) is 6.20 Å². The second kappa shape index (κ2) is 6.79. The normalized spacial score (nSPS) is 25.3. The molecule has 0 radical (unpaired) electrons. The highest BCUT2D eigenvalue weighted by Gasteiger charge is 2.30. The van der Waals surface area contributed by atoms with E-state index in [9.17, 15) is 0 Å². The summed E-state index contributed by atoms with van der Waals surface area (Å²) >= 11 is 0. The second-order valence-electron chi connectivity index (χ2n) is 6.30. The molecular weight excluding hydrogens is 264 g/mol. The molecule has 5 heteroatoms. The van der Waals surface area contributed by atoms with Crippen LogP contribution in [0.5, 0.6) is 0 Å². The average molecular weight is 292 g/mol. The van der Waals surface area contributed by atoms with Gasteiger partial charge in [0.2, 0.25) is 5.95 Å². The molecule has 1 N–H and O–H groups in total. The van der Waals surface area contributed by atoms with Crippen LogP contribution in [0.4, 0.5) is 5.95 Å². The van der Waals surface area contributed by atoms with Gasteiger partial charge in [-0.3, -0.25) is 0 Å². The van der Waals surface area contributed by atoms with Crippen LogP contribution in [0, 0.1) is 0 Å². The number of ether oxygens (including phenoxy) is 1. The molecule has 2 unspecified atom stereocenters. The lowest BCUT2D eigenvalue weighted by atomic mass is 10.1. The highest BCUT2D eigenvalue weighted by Crippen LogP contribution is 2.24. The Morgan fingerprint density at radius 2 is 2.19 bits per heavy atom. The topological polar surface area (TPSA) is 42.3 Å². The summed E-state index contributed by atoms with van der Waals surface area (Å²) in [6, 6.07) is 1.37. The maximum Gasteiger partial charge on any atom is 0.205 e. The highest BCUT2D eigenvalue weighted by atomic mass is 16.5. The molecule has 0 spiro atoms. The molecule has 3 rings (SSSR count). The lowest BCUT2D eigenvalue weighted by Gasteiger charge is -2.26. The van der Waals surface area contributed by atoms with Crippen molar-refractivity contribution >= 4 is 5.95 Å². The monoisotopic (exact) mass is 292 g/mol. The maximum atomic E-state index is 5.18. The third-order valence-electron chi connectivity index (χ3n) is 4.72. The highest BCUT2D eigenvalue weighted by molar-refractivity contribution is 5.35. The molecule has 0 aromatic carbocycles. The standard InChI is InChI=1S/C16H28N4O/c1-3-13-11-19(8-4-10-21-2)16(18-13)20-9-7-14-5-6-15(12-20)17-14/h11,14-15,17H,3-10,12H2,1-2H3. The van der Waals surface area contributed by atoms with Crippen molar-refractivity contribution in [3.8, 4) is 0 Å². The van der Waals surface area contributed by atoms with Crippen molar-refractivity contribution in [3.63, 3.8) is 0 Å². The van der Waals surface area contributed by atoms with Gasteiger partial charge in [-0.1, -0.05) is 6.92 Å². The molecule has 0 saturated carbocycles. The smallest absolute Gasteiger partial charge is 0.205 e. The first kappa shape index (κ1) is 14.9. The predicted octanol–water partition coefficient (Wildman–Crippen LogP) is 1.81. The number of nitrogens with one attached hydrogen (secondary N) is 1. The Labute approximate surface area is 127 Å². The first-order chi connectivity index (χ1) is 10.3. The summed E-state index contributed by atoms with van der Waals surface area (Å²) in [4.78, 5) is 7.37. The van der Waals surface area contributed by atoms with Crippen molar-refractivity contribution in [2.24, 2.45) is 0 Å². The molecule has 2 bridgehead atoms. The third-order valence-corrected chi connectivity index (χ3v) is 4.72. The van der Waals surface area contributed by atoms with Crippen LogP contribution in [0.1, 0.15) is 38.3 Å². The van der Waals surface area contributed by atoms with E-state index in [-0.39, 0.29) is 0 Å². The number of aromatic nitrogens is 2. The van der Waals surface area contributed by atoms with Gasteiger partial charge in [0.15, 0.2) is 0 Å². The Morgan fingerprint density at radius 1 is 1.33 bits per heavy atom. The Hall–Kier alpha value is -1.07. The fourth-order valence-corrected chi connectivity index (χ4v) is 3.55. The number of anilines is 1. The number of nitrogens with zero attached hydrogens (tertiary/aromatic N) is 3. The molecule has 2 aliphatic rings. The van der Waals surface area contributed by atoms with Crippen molar-refractivity contribution < 1.29 is 4.74 Å². The predicted molar refractivity (Wildman–Crippen MR) is 84.9 cm³/mol. The van der Waals surface area contributed by atoms with E-state index >= 15 is 0 Å². The summed E-state index contributed by atoms with van der Waals surface area (Å²) in [6.07, 6.45) is 8.17. The van der Waals surface area contributed by atoms with Crippen LogP contribution in [-0.2, 0) is 17.7 Å². The Balaban J connectivity index is 1.74. The van der Waals surface area contributed by atoms with E-state index < -0.39 is 0 Å². The van der Waals surface area contributed by atoms with E-state index in [1.807, 2.05) is 0 Å². The van der Waals surface area contributed by atoms with Crippen LogP contribution < -0.4 is 10.2 Å². The zero-order chi connectivity index (χ0) is 14.7. The molecule has 2 fully saturated rings. The van der Waals surface area contributed by atoms with Crippen LogP contribution in [0.3, 0.4) is 0 Å². The molecule has 2 aliphatic heterocycles. The molecule has 2 atom stereocenters. The molecule has 3 heterocycles. The quantitative estimate of drug-likeness (QED) is 0.812. The van der Waals surface area contributed by atoms with Gasteiger partial charge >= 0.3 is 0 Å². The van der Waals surface area contributed by atoms with Crippen molar-refractivity contribution in [3.05, 3.63) is 11.9 Å². The molecule has 0 amide bonds. The minimum atomic E-state index is 0.645. The Kier molecular flexibility index (Phi) is 4.80. The lowest BCUT2D eigenvalue weighted by molar-refractivity contribution is 0.190. The van der Waals surface area contributed by atoms with Gasteiger partial charge in [0, 0.05) is 51.6 Å². The minimum absolute atomic E-state index is 0.645. The van der Waals surface area contributed by atoms with Crippen LogP contribution in [0.25, 0.3) is 0 Å². The number of imidazole rings is 1. The summed E-state index contributed by atoms with van der Waals surface area (Å²) < 4.78 is 7.52. The maximum absolute atomic E-state index is 5.18. The molecule has 2 saturated heterocycles. The number of fused-ring (bicyclic) bond motifs is 2. The summed E-state index contributed by atoms with van der Waals surface area (Å²) in [5.41, 5.74) is 1.20. The lowest BCUT2D eigenvalue weighted by Crippen LogP contribution is -2.36. The van der Waals surface area contributed by atoms with Crippen LogP contribution in [0.2, 0.25) is 0 Å².